The standard InChI is InChI=1S/C19H16N4O3S2/c1-10-11(2)28-18-16(10)17-21-22-19(23(17)9-20-18)27-8-13(24)12-3-4-14-15(7-12)26-6-5-25-14/h3-4,7,9H,5-6,8H2,1-2H3. The number of thiophene rings is 1. The van der Waals surface area contributed by atoms with Crippen LogP contribution in [0.4, 0.5) is 0 Å². The Kier molecular flexibility index (Phi) is 4.21. The summed E-state index contributed by atoms with van der Waals surface area (Å²) in [7, 11) is 0. The fourth-order valence-electron chi connectivity index (χ4n) is 3.15. The van der Waals surface area contributed by atoms with E-state index in [4.69, 9.17) is 9.47 Å². The van der Waals surface area contributed by atoms with Gasteiger partial charge >= 0.3 is 0 Å². The van der Waals surface area contributed by atoms with Gasteiger partial charge in [0.25, 0.3) is 0 Å². The van der Waals surface area contributed by atoms with E-state index in [2.05, 4.69) is 29.0 Å². The first-order valence-electron chi connectivity index (χ1n) is 8.77. The second kappa shape index (κ2) is 6.75. The molecule has 0 radical (unpaired) electrons. The Morgan fingerprint density at radius 1 is 1.21 bits per heavy atom. The largest absolute Gasteiger partial charge is 0.486 e. The topological polar surface area (TPSA) is 78.6 Å². The van der Waals surface area contributed by atoms with Gasteiger partial charge in [-0.15, -0.1) is 21.5 Å². The maximum absolute atomic E-state index is 12.6. The number of aryl methyl sites for hydroxylation is 2. The molecule has 0 spiro atoms. The van der Waals surface area contributed by atoms with Crippen LogP contribution < -0.4 is 9.47 Å². The van der Waals surface area contributed by atoms with Gasteiger partial charge in [0.15, 0.2) is 28.1 Å². The molecule has 3 aromatic heterocycles. The molecule has 0 atom stereocenters. The van der Waals surface area contributed by atoms with Crippen molar-refractivity contribution in [2.45, 2.75) is 19.0 Å². The number of carbonyl (C=O) groups is 1. The summed E-state index contributed by atoms with van der Waals surface area (Å²) in [6.07, 6.45) is 1.73. The average molecular weight is 412 g/mol. The number of aromatic nitrogens is 4. The summed E-state index contributed by atoms with van der Waals surface area (Å²) in [4.78, 5) is 19.4. The van der Waals surface area contributed by atoms with Gasteiger partial charge in [-0.1, -0.05) is 11.8 Å². The molecule has 7 nitrogen and oxygen atoms in total. The Hall–Kier alpha value is -2.65. The SMILES string of the molecule is Cc1sc2ncn3c(SCC(=O)c4ccc5c(c4)OCCO5)nnc3c2c1C. The smallest absolute Gasteiger partial charge is 0.197 e. The third-order valence-electron chi connectivity index (χ3n) is 4.74. The summed E-state index contributed by atoms with van der Waals surface area (Å²) >= 11 is 3.00. The van der Waals surface area contributed by atoms with E-state index >= 15 is 0 Å². The molecule has 0 fully saturated rings. The average Bonchev–Trinajstić information content (AvgIpc) is 3.26. The molecule has 28 heavy (non-hydrogen) atoms. The van der Waals surface area contributed by atoms with Gasteiger partial charge in [0.05, 0.1) is 11.1 Å². The lowest BCUT2D eigenvalue weighted by Crippen LogP contribution is -2.16. The van der Waals surface area contributed by atoms with E-state index in [1.165, 1.54) is 22.2 Å². The molecule has 0 amide bonds. The lowest BCUT2D eigenvalue weighted by atomic mass is 10.1. The van der Waals surface area contributed by atoms with Crippen molar-refractivity contribution < 1.29 is 14.3 Å². The Bertz CT molecular complexity index is 1230. The monoisotopic (exact) mass is 412 g/mol. The van der Waals surface area contributed by atoms with Crippen molar-refractivity contribution in [2.24, 2.45) is 0 Å². The number of hydrogen-bond acceptors (Lipinski definition) is 8. The Morgan fingerprint density at radius 3 is 2.89 bits per heavy atom. The van der Waals surface area contributed by atoms with E-state index in [9.17, 15) is 4.79 Å². The number of carbonyl (C=O) groups excluding carboxylic acids is 1. The fraction of sp³-hybridized carbons (Fsp3) is 0.263. The summed E-state index contributed by atoms with van der Waals surface area (Å²) in [5, 5.41) is 10.3. The van der Waals surface area contributed by atoms with Gasteiger partial charge in [0, 0.05) is 10.4 Å². The summed E-state index contributed by atoms with van der Waals surface area (Å²) in [6, 6.07) is 5.28. The van der Waals surface area contributed by atoms with Crippen LogP contribution in [0.25, 0.3) is 15.9 Å². The van der Waals surface area contributed by atoms with Gasteiger partial charge in [0.1, 0.15) is 24.4 Å². The van der Waals surface area contributed by atoms with E-state index in [0.29, 0.717) is 35.4 Å². The highest BCUT2D eigenvalue weighted by Gasteiger charge is 2.18. The second-order valence-corrected chi connectivity index (χ2v) is 8.60. The molecule has 0 bridgehead atoms. The summed E-state index contributed by atoms with van der Waals surface area (Å²) in [5.74, 6) is 1.54. The predicted octanol–water partition coefficient (Wildman–Crippen LogP) is 3.70. The molecule has 9 heteroatoms. The molecular formula is C19H16N4O3S2. The molecule has 4 heterocycles. The van der Waals surface area contributed by atoms with E-state index in [1.807, 2.05) is 4.40 Å². The van der Waals surface area contributed by atoms with E-state index in [-0.39, 0.29) is 11.5 Å². The highest BCUT2D eigenvalue weighted by Crippen LogP contribution is 2.33. The number of ether oxygens (including phenoxy) is 2. The molecule has 1 aromatic carbocycles. The first-order chi connectivity index (χ1) is 13.6. The minimum absolute atomic E-state index is 0.00433. The van der Waals surface area contributed by atoms with Crippen LogP contribution in [0.2, 0.25) is 0 Å². The van der Waals surface area contributed by atoms with Gasteiger partial charge in [-0.05, 0) is 37.6 Å². The summed E-state index contributed by atoms with van der Waals surface area (Å²) < 4.78 is 12.9. The van der Waals surface area contributed by atoms with Crippen LogP contribution in [-0.2, 0) is 0 Å². The quantitative estimate of drug-likeness (QED) is 0.373. The number of Topliss-reactive ketones (excluding diaryl/α,β-unsaturated/α-hetero) is 1. The highest BCUT2D eigenvalue weighted by molar-refractivity contribution is 7.99. The number of rotatable bonds is 4. The number of nitrogens with zero attached hydrogens (tertiary/aromatic N) is 4. The van der Waals surface area contributed by atoms with Crippen LogP contribution in [0, 0.1) is 13.8 Å². The number of hydrogen-bond donors (Lipinski definition) is 0. The summed E-state index contributed by atoms with van der Waals surface area (Å²) in [6.45, 7) is 5.17. The van der Waals surface area contributed by atoms with E-state index in [1.54, 1.807) is 35.9 Å². The molecule has 1 aliphatic rings. The van der Waals surface area contributed by atoms with Gasteiger partial charge < -0.3 is 9.47 Å². The number of ketones is 1. The normalized spacial score (nSPS) is 13.4. The first-order valence-corrected chi connectivity index (χ1v) is 10.6. The molecule has 0 aliphatic carbocycles. The van der Waals surface area contributed by atoms with Crippen LogP contribution in [0.3, 0.4) is 0 Å². The van der Waals surface area contributed by atoms with Crippen molar-refractivity contribution in [3.05, 3.63) is 40.5 Å². The van der Waals surface area contributed by atoms with Crippen LogP contribution in [-0.4, -0.2) is 44.3 Å². The molecular weight excluding hydrogens is 396 g/mol. The van der Waals surface area contributed by atoms with Crippen molar-refractivity contribution in [3.63, 3.8) is 0 Å². The van der Waals surface area contributed by atoms with Crippen molar-refractivity contribution in [3.8, 4) is 11.5 Å². The number of thioether (sulfide) groups is 1. The maximum atomic E-state index is 12.6. The third kappa shape index (κ3) is 2.82. The first kappa shape index (κ1) is 17.4. The molecule has 1 aliphatic heterocycles. The van der Waals surface area contributed by atoms with E-state index in [0.717, 1.165) is 15.9 Å². The van der Waals surface area contributed by atoms with Crippen molar-refractivity contribution in [2.75, 3.05) is 19.0 Å². The van der Waals surface area contributed by atoms with E-state index < -0.39 is 0 Å². The minimum atomic E-state index is -0.00433. The molecule has 0 unspecified atom stereocenters. The lowest BCUT2D eigenvalue weighted by Gasteiger charge is -2.18. The Morgan fingerprint density at radius 2 is 2.04 bits per heavy atom. The molecule has 0 N–H and O–H groups in total. The van der Waals surface area contributed by atoms with Crippen LogP contribution in [0.1, 0.15) is 20.8 Å². The zero-order valence-electron chi connectivity index (χ0n) is 15.3. The Balaban J connectivity index is 1.40. The molecule has 142 valence electrons. The van der Waals surface area contributed by atoms with Crippen LogP contribution in [0.15, 0.2) is 29.7 Å². The van der Waals surface area contributed by atoms with Gasteiger partial charge in [-0.2, -0.15) is 0 Å². The zero-order chi connectivity index (χ0) is 19.3. The van der Waals surface area contributed by atoms with Crippen LogP contribution >= 0.6 is 23.1 Å². The molecule has 4 aromatic rings. The molecule has 5 rings (SSSR count). The minimum Gasteiger partial charge on any atom is -0.486 e. The van der Waals surface area contributed by atoms with Crippen molar-refractivity contribution in [1.29, 1.82) is 0 Å². The summed E-state index contributed by atoms with van der Waals surface area (Å²) in [5.41, 5.74) is 2.55. The van der Waals surface area contributed by atoms with Gasteiger partial charge in [-0.25, -0.2) is 4.98 Å². The third-order valence-corrected chi connectivity index (χ3v) is 6.80. The lowest BCUT2D eigenvalue weighted by molar-refractivity contribution is 0.102. The van der Waals surface area contributed by atoms with Gasteiger partial charge in [0.2, 0.25) is 0 Å². The molecule has 0 saturated heterocycles. The van der Waals surface area contributed by atoms with Crippen molar-refractivity contribution in [1.82, 2.24) is 19.6 Å². The number of fused-ring (bicyclic) bond motifs is 4. The van der Waals surface area contributed by atoms with Crippen molar-refractivity contribution >= 4 is 44.7 Å². The highest BCUT2D eigenvalue weighted by atomic mass is 32.2. The molecule has 0 saturated carbocycles. The Labute approximate surface area is 168 Å². The second-order valence-electron chi connectivity index (χ2n) is 6.45. The zero-order valence-corrected chi connectivity index (χ0v) is 16.9. The fourth-order valence-corrected chi connectivity index (χ4v) is 4.94. The van der Waals surface area contributed by atoms with Gasteiger partial charge in [-0.3, -0.25) is 9.20 Å². The predicted molar refractivity (Wildman–Crippen MR) is 108 cm³/mol. The maximum Gasteiger partial charge on any atom is 0.197 e. The number of benzene rings is 1. The van der Waals surface area contributed by atoms with Crippen LogP contribution in [0.5, 0.6) is 11.5 Å².